The number of ether oxygens (including phenoxy) is 1. The van der Waals surface area contributed by atoms with Crippen LogP contribution in [0.25, 0.3) is 0 Å². The molecule has 6 nitrogen and oxygen atoms in total. The van der Waals surface area contributed by atoms with Gasteiger partial charge in [-0.3, -0.25) is 14.4 Å². The average Bonchev–Trinajstić information content (AvgIpc) is 2.88. The molecule has 2 aromatic rings. The Labute approximate surface area is 199 Å². The summed E-state index contributed by atoms with van der Waals surface area (Å²) in [7, 11) is 0. The van der Waals surface area contributed by atoms with Gasteiger partial charge in [-0.2, -0.15) is 0 Å². The molecule has 2 saturated heterocycles. The van der Waals surface area contributed by atoms with E-state index in [2.05, 4.69) is 0 Å². The maximum absolute atomic E-state index is 14.5. The molecule has 2 fully saturated rings. The van der Waals surface area contributed by atoms with Gasteiger partial charge in [0, 0.05) is 19.6 Å². The second kappa shape index (κ2) is 10.8. The highest BCUT2D eigenvalue weighted by molar-refractivity contribution is 5.95. The van der Waals surface area contributed by atoms with E-state index in [4.69, 9.17) is 4.74 Å². The number of amides is 2. The van der Waals surface area contributed by atoms with Crippen LogP contribution >= 0.6 is 0 Å². The second-order valence-corrected chi connectivity index (χ2v) is 9.01. The van der Waals surface area contributed by atoms with Gasteiger partial charge in [-0.1, -0.05) is 42.5 Å². The molecule has 2 heterocycles. The zero-order valence-corrected chi connectivity index (χ0v) is 19.5. The number of hydrogen-bond acceptors (Lipinski definition) is 4. The van der Waals surface area contributed by atoms with Crippen molar-refractivity contribution in [3.05, 3.63) is 71.5 Å². The zero-order chi connectivity index (χ0) is 24.1. The van der Waals surface area contributed by atoms with E-state index in [-0.39, 0.29) is 35.9 Å². The molecule has 3 unspecified atom stereocenters. The monoisotopic (exact) mass is 466 g/mol. The molecule has 2 aromatic carbocycles. The van der Waals surface area contributed by atoms with E-state index < -0.39 is 17.6 Å². The van der Waals surface area contributed by atoms with Crippen LogP contribution in [0.3, 0.4) is 0 Å². The third-order valence-corrected chi connectivity index (χ3v) is 6.83. The van der Waals surface area contributed by atoms with Gasteiger partial charge in [-0.05, 0) is 50.3 Å². The molecule has 7 heteroatoms. The Bertz CT molecular complexity index is 1030. The number of rotatable bonds is 5. The molecular weight excluding hydrogens is 435 g/mol. The highest BCUT2D eigenvalue weighted by atomic mass is 19.1. The molecule has 0 bridgehead atoms. The largest absolute Gasteiger partial charge is 0.466 e. The summed E-state index contributed by atoms with van der Waals surface area (Å²) in [6.45, 7) is 3.24. The van der Waals surface area contributed by atoms with Gasteiger partial charge in [0.1, 0.15) is 5.82 Å². The predicted molar refractivity (Wildman–Crippen MR) is 125 cm³/mol. The van der Waals surface area contributed by atoms with Gasteiger partial charge in [-0.25, -0.2) is 4.39 Å². The Morgan fingerprint density at radius 3 is 2.41 bits per heavy atom. The van der Waals surface area contributed by atoms with Crippen LogP contribution in [0.15, 0.2) is 54.6 Å². The molecule has 0 radical (unpaired) electrons. The fourth-order valence-electron chi connectivity index (χ4n) is 5.10. The lowest BCUT2D eigenvalue weighted by molar-refractivity contribution is -0.152. The summed E-state index contributed by atoms with van der Waals surface area (Å²) >= 11 is 0. The van der Waals surface area contributed by atoms with Gasteiger partial charge in [0.05, 0.1) is 30.0 Å². The number of hydrogen-bond donors (Lipinski definition) is 0. The highest BCUT2D eigenvalue weighted by Crippen LogP contribution is 2.36. The Hall–Kier alpha value is -3.22. The molecule has 0 aromatic heterocycles. The van der Waals surface area contributed by atoms with E-state index in [1.54, 1.807) is 28.9 Å². The van der Waals surface area contributed by atoms with Crippen molar-refractivity contribution in [3.63, 3.8) is 0 Å². The normalized spacial score (nSPS) is 22.8. The first-order valence-corrected chi connectivity index (χ1v) is 12.1. The molecule has 34 heavy (non-hydrogen) atoms. The smallest absolute Gasteiger partial charge is 0.310 e. The molecule has 0 N–H and O–H groups in total. The highest BCUT2D eigenvalue weighted by Gasteiger charge is 2.39. The first-order valence-electron chi connectivity index (χ1n) is 12.1. The molecule has 2 aliphatic heterocycles. The topological polar surface area (TPSA) is 66.9 Å². The van der Waals surface area contributed by atoms with Crippen molar-refractivity contribution in [2.75, 3.05) is 26.2 Å². The zero-order valence-electron chi connectivity index (χ0n) is 19.5. The minimum absolute atomic E-state index is 0.0110. The number of esters is 1. The second-order valence-electron chi connectivity index (χ2n) is 9.01. The van der Waals surface area contributed by atoms with Crippen molar-refractivity contribution in [1.29, 1.82) is 0 Å². The van der Waals surface area contributed by atoms with E-state index in [1.807, 2.05) is 30.3 Å². The molecule has 3 atom stereocenters. The summed E-state index contributed by atoms with van der Waals surface area (Å²) in [5, 5.41) is 0. The number of likely N-dealkylation sites (tertiary alicyclic amines) is 2. The molecule has 0 spiro atoms. The maximum atomic E-state index is 14.5. The Balaban J connectivity index is 1.54. The average molecular weight is 467 g/mol. The summed E-state index contributed by atoms with van der Waals surface area (Å²) in [6.07, 6.45) is 2.68. The fraction of sp³-hybridized carbons (Fsp3) is 0.444. The minimum Gasteiger partial charge on any atom is -0.466 e. The van der Waals surface area contributed by atoms with Crippen LogP contribution in [-0.2, 0) is 14.3 Å². The van der Waals surface area contributed by atoms with E-state index in [9.17, 15) is 18.8 Å². The summed E-state index contributed by atoms with van der Waals surface area (Å²) in [4.78, 5) is 42.5. The van der Waals surface area contributed by atoms with Crippen LogP contribution in [0.1, 0.15) is 54.6 Å². The van der Waals surface area contributed by atoms with E-state index in [0.29, 0.717) is 39.0 Å². The van der Waals surface area contributed by atoms with Crippen molar-refractivity contribution in [2.45, 2.75) is 38.6 Å². The van der Waals surface area contributed by atoms with Crippen molar-refractivity contribution in [2.24, 2.45) is 11.8 Å². The van der Waals surface area contributed by atoms with Crippen LogP contribution in [0, 0.1) is 17.7 Å². The molecular formula is C27H31FN2O4. The van der Waals surface area contributed by atoms with Crippen molar-refractivity contribution >= 4 is 17.8 Å². The van der Waals surface area contributed by atoms with Gasteiger partial charge < -0.3 is 14.5 Å². The van der Waals surface area contributed by atoms with Crippen LogP contribution in [0.4, 0.5) is 4.39 Å². The van der Waals surface area contributed by atoms with E-state index in [0.717, 1.165) is 12.0 Å². The summed E-state index contributed by atoms with van der Waals surface area (Å²) in [5.41, 5.74) is 0.982. The van der Waals surface area contributed by atoms with Gasteiger partial charge in [0.15, 0.2) is 0 Å². The van der Waals surface area contributed by atoms with Crippen molar-refractivity contribution < 1.29 is 23.5 Å². The van der Waals surface area contributed by atoms with Crippen LogP contribution in [0.2, 0.25) is 0 Å². The summed E-state index contributed by atoms with van der Waals surface area (Å²) < 4.78 is 19.6. The van der Waals surface area contributed by atoms with Crippen LogP contribution in [0.5, 0.6) is 0 Å². The third-order valence-electron chi connectivity index (χ3n) is 6.83. The summed E-state index contributed by atoms with van der Waals surface area (Å²) in [5.74, 6) is -1.99. The number of carbonyl (C=O) groups is 3. The third kappa shape index (κ3) is 5.13. The van der Waals surface area contributed by atoms with Gasteiger partial charge in [0.25, 0.3) is 5.91 Å². The Morgan fingerprint density at radius 1 is 0.941 bits per heavy atom. The first-order chi connectivity index (χ1) is 16.5. The SMILES string of the molecule is CCOC(=O)C1CCCN(C(=O)C2CCC(c3ccccc3)N(C(=O)c3ccccc3F)C2)C1. The Morgan fingerprint density at radius 2 is 1.68 bits per heavy atom. The fourth-order valence-corrected chi connectivity index (χ4v) is 5.10. The maximum Gasteiger partial charge on any atom is 0.310 e. The van der Waals surface area contributed by atoms with Gasteiger partial charge in [0.2, 0.25) is 5.91 Å². The molecule has 180 valence electrons. The number of piperidine rings is 2. The molecule has 4 rings (SSSR count). The molecule has 2 amide bonds. The molecule has 2 aliphatic rings. The predicted octanol–water partition coefficient (Wildman–Crippen LogP) is 4.22. The number of halogens is 1. The lowest BCUT2D eigenvalue weighted by atomic mass is 9.86. The summed E-state index contributed by atoms with van der Waals surface area (Å²) in [6, 6.07) is 15.4. The lowest BCUT2D eigenvalue weighted by Gasteiger charge is -2.42. The van der Waals surface area contributed by atoms with Gasteiger partial charge in [-0.15, -0.1) is 0 Å². The molecule has 0 aliphatic carbocycles. The van der Waals surface area contributed by atoms with Crippen LogP contribution in [-0.4, -0.2) is 53.8 Å². The number of nitrogens with zero attached hydrogens (tertiary/aromatic N) is 2. The van der Waals surface area contributed by atoms with Gasteiger partial charge >= 0.3 is 5.97 Å². The van der Waals surface area contributed by atoms with E-state index >= 15 is 0 Å². The van der Waals surface area contributed by atoms with E-state index in [1.165, 1.54) is 12.1 Å². The van der Waals surface area contributed by atoms with Crippen LogP contribution < -0.4 is 0 Å². The van der Waals surface area contributed by atoms with Crippen molar-refractivity contribution in [3.8, 4) is 0 Å². The quantitative estimate of drug-likeness (QED) is 0.619. The number of carbonyl (C=O) groups excluding carboxylic acids is 3. The first kappa shape index (κ1) is 23.9. The minimum atomic E-state index is -0.568. The standard InChI is InChI=1S/C27H31FN2O4/c1-2-34-27(33)21-11-8-16-29(17-21)25(31)20-14-15-24(19-9-4-3-5-10-19)30(18-20)26(32)22-12-6-7-13-23(22)28/h3-7,9-10,12-13,20-21,24H,2,8,11,14-18H2,1H3. The lowest BCUT2D eigenvalue weighted by Crippen LogP contribution is -2.50. The Kier molecular flexibility index (Phi) is 7.60. The molecule has 0 saturated carbocycles. The number of benzene rings is 2. The van der Waals surface area contributed by atoms with Crippen molar-refractivity contribution in [1.82, 2.24) is 9.80 Å².